The van der Waals surface area contributed by atoms with Crippen LogP contribution in [0.25, 0.3) is 0 Å². The van der Waals surface area contributed by atoms with Crippen LogP contribution in [-0.2, 0) is 11.2 Å². The zero-order valence-electron chi connectivity index (χ0n) is 13.9. The molecule has 3 N–H and O–H groups in total. The minimum atomic E-state index is -0.470. The van der Waals surface area contributed by atoms with Gasteiger partial charge in [0.05, 0.1) is 0 Å². The van der Waals surface area contributed by atoms with Crippen molar-refractivity contribution in [1.82, 2.24) is 15.3 Å². The van der Waals surface area contributed by atoms with Crippen molar-refractivity contribution in [2.24, 2.45) is 11.8 Å². The number of hydrazine groups is 1. The van der Waals surface area contributed by atoms with Crippen LogP contribution in [0, 0.1) is 5.92 Å². The fraction of sp³-hybridized carbons (Fsp3) is 0.625. The molecule has 23 heavy (non-hydrogen) atoms. The fourth-order valence-electron chi connectivity index (χ4n) is 2.79. The average Bonchev–Trinajstić information content (AvgIpc) is 2.93. The summed E-state index contributed by atoms with van der Waals surface area (Å²) in [6.07, 6.45) is 5.04. The molecule has 1 aliphatic rings. The molecule has 1 saturated heterocycles. The molecule has 2 heterocycles. The molecule has 0 aromatic carbocycles. The number of hydrogen-bond acceptors (Lipinski definition) is 5. The van der Waals surface area contributed by atoms with Gasteiger partial charge in [0.1, 0.15) is 5.60 Å². The van der Waals surface area contributed by atoms with Crippen molar-refractivity contribution < 1.29 is 9.53 Å². The van der Waals surface area contributed by atoms with Crippen molar-refractivity contribution >= 4 is 22.0 Å². The van der Waals surface area contributed by atoms with Crippen molar-refractivity contribution in [3.8, 4) is 0 Å². The quantitative estimate of drug-likeness (QED) is 0.615. The Kier molecular flexibility index (Phi) is 6.00. The maximum absolute atomic E-state index is 12.2. The second-order valence-electron chi connectivity index (χ2n) is 6.96. The number of carbonyl (C=O) groups excluding carboxylic acids is 1. The number of nitrogens with two attached hydrogens (primary N) is 1. The third kappa shape index (κ3) is 5.44. The summed E-state index contributed by atoms with van der Waals surface area (Å²) < 4.78 is 6.39. The molecule has 2 atom stereocenters. The molecule has 0 bridgehead atoms. The first-order chi connectivity index (χ1) is 10.8. The van der Waals surface area contributed by atoms with Gasteiger partial charge in [-0.05, 0) is 67.1 Å². The summed E-state index contributed by atoms with van der Waals surface area (Å²) in [5, 5.41) is 0. The summed E-state index contributed by atoms with van der Waals surface area (Å²) in [6, 6.07) is 2.14. The van der Waals surface area contributed by atoms with Crippen molar-refractivity contribution in [2.45, 2.75) is 45.3 Å². The first-order valence-corrected chi connectivity index (χ1v) is 8.61. The Balaban J connectivity index is 1.94. The van der Waals surface area contributed by atoms with Crippen LogP contribution in [0.2, 0.25) is 0 Å². The predicted molar refractivity (Wildman–Crippen MR) is 92.7 cm³/mol. The molecule has 6 nitrogen and oxygen atoms in total. The SMILES string of the molecule is CC(C)(C)OC(=O)N1CCC(C(Cc2cncc(Br)c2)NN)C1. The van der Waals surface area contributed by atoms with Gasteiger partial charge in [-0.1, -0.05) is 0 Å². The molecular formula is C16H25BrN4O2. The number of amides is 1. The normalized spacial score (nSPS) is 19.7. The molecule has 2 rings (SSSR count). The van der Waals surface area contributed by atoms with Gasteiger partial charge >= 0.3 is 6.09 Å². The third-order valence-electron chi connectivity index (χ3n) is 3.88. The molecule has 0 spiro atoms. The molecule has 1 aromatic heterocycles. The predicted octanol–water partition coefficient (Wildman–Crippen LogP) is 2.48. The third-order valence-corrected chi connectivity index (χ3v) is 4.31. The van der Waals surface area contributed by atoms with Crippen LogP contribution in [0.5, 0.6) is 0 Å². The van der Waals surface area contributed by atoms with Crippen LogP contribution in [0.1, 0.15) is 32.8 Å². The standard InChI is InChI=1S/C16H25BrN4O2/c1-16(2,3)23-15(22)21-5-4-12(10-21)14(20-18)7-11-6-13(17)9-19-8-11/h6,8-9,12,14,20H,4-5,7,10,18H2,1-3H3. The van der Waals surface area contributed by atoms with Crippen molar-refractivity contribution in [2.75, 3.05) is 13.1 Å². The van der Waals surface area contributed by atoms with Crippen molar-refractivity contribution in [1.29, 1.82) is 0 Å². The van der Waals surface area contributed by atoms with Gasteiger partial charge < -0.3 is 9.64 Å². The smallest absolute Gasteiger partial charge is 0.410 e. The first-order valence-electron chi connectivity index (χ1n) is 7.82. The van der Waals surface area contributed by atoms with E-state index in [0.29, 0.717) is 19.0 Å². The largest absolute Gasteiger partial charge is 0.444 e. The van der Waals surface area contributed by atoms with E-state index in [1.807, 2.05) is 33.0 Å². The molecule has 128 valence electrons. The Morgan fingerprint density at radius 1 is 1.57 bits per heavy atom. The molecule has 7 heteroatoms. The lowest BCUT2D eigenvalue weighted by Crippen LogP contribution is -2.44. The molecule has 2 unspecified atom stereocenters. The van der Waals surface area contributed by atoms with Crippen LogP contribution >= 0.6 is 15.9 Å². The van der Waals surface area contributed by atoms with Crippen molar-refractivity contribution in [3.05, 3.63) is 28.5 Å². The number of aromatic nitrogens is 1. The van der Waals surface area contributed by atoms with Gasteiger partial charge in [-0.15, -0.1) is 0 Å². The Morgan fingerprint density at radius 2 is 2.30 bits per heavy atom. The summed E-state index contributed by atoms with van der Waals surface area (Å²) in [5.41, 5.74) is 3.54. The monoisotopic (exact) mass is 384 g/mol. The number of nitrogens with zero attached hydrogens (tertiary/aromatic N) is 2. The Morgan fingerprint density at radius 3 is 2.91 bits per heavy atom. The molecule has 1 aromatic rings. The number of nitrogens with one attached hydrogen (secondary N) is 1. The van der Waals surface area contributed by atoms with E-state index in [1.54, 1.807) is 11.1 Å². The van der Waals surface area contributed by atoms with Gasteiger partial charge in [-0.3, -0.25) is 16.3 Å². The molecule has 1 amide bonds. The number of hydrogen-bond donors (Lipinski definition) is 2. The van der Waals surface area contributed by atoms with Gasteiger partial charge in [0, 0.05) is 36.0 Å². The maximum atomic E-state index is 12.2. The van der Waals surface area contributed by atoms with E-state index in [1.165, 1.54) is 0 Å². The molecule has 0 aliphatic carbocycles. The molecule has 0 radical (unpaired) electrons. The zero-order chi connectivity index (χ0) is 17.0. The Bertz CT molecular complexity index is 547. The van der Waals surface area contributed by atoms with Gasteiger partial charge in [0.15, 0.2) is 0 Å². The maximum Gasteiger partial charge on any atom is 0.410 e. The number of likely N-dealkylation sites (tertiary alicyclic amines) is 1. The van der Waals surface area contributed by atoms with E-state index in [4.69, 9.17) is 10.6 Å². The lowest BCUT2D eigenvalue weighted by Gasteiger charge is -2.26. The van der Waals surface area contributed by atoms with E-state index < -0.39 is 5.60 Å². The van der Waals surface area contributed by atoms with E-state index >= 15 is 0 Å². The van der Waals surface area contributed by atoms with Crippen molar-refractivity contribution in [3.63, 3.8) is 0 Å². The van der Waals surface area contributed by atoms with Gasteiger partial charge in [0.2, 0.25) is 0 Å². The summed E-state index contributed by atoms with van der Waals surface area (Å²) in [6.45, 7) is 6.99. The van der Waals surface area contributed by atoms with Crippen LogP contribution in [-0.4, -0.2) is 40.7 Å². The minimum Gasteiger partial charge on any atom is -0.444 e. The molecule has 0 saturated carbocycles. The number of ether oxygens (including phenoxy) is 1. The molecule has 1 fully saturated rings. The number of pyridine rings is 1. The highest BCUT2D eigenvalue weighted by atomic mass is 79.9. The number of halogens is 1. The van der Waals surface area contributed by atoms with Crippen LogP contribution < -0.4 is 11.3 Å². The summed E-state index contributed by atoms with van der Waals surface area (Å²) in [5.74, 6) is 6.04. The Labute approximate surface area is 145 Å². The fourth-order valence-corrected chi connectivity index (χ4v) is 3.20. The van der Waals surface area contributed by atoms with E-state index in [-0.39, 0.29) is 12.1 Å². The van der Waals surface area contributed by atoms with Gasteiger partial charge in [0.25, 0.3) is 0 Å². The number of rotatable bonds is 4. The van der Waals surface area contributed by atoms with E-state index in [2.05, 4.69) is 26.3 Å². The molecular weight excluding hydrogens is 360 g/mol. The highest BCUT2D eigenvalue weighted by Crippen LogP contribution is 2.24. The topological polar surface area (TPSA) is 80.5 Å². The second kappa shape index (κ2) is 7.59. The zero-order valence-corrected chi connectivity index (χ0v) is 15.5. The summed E-state index contributed by atoms with van der Waals surface area (Å²) in [4.78, 5) is 18.1. The highest BCUT2D eigenvalue weighted by molar-refractivity contribution is 9.10. The summed E-state index contributed by atoms with van der Waals surface area (Å²) >= 11 is 3.43. The van der Waals surface area contributed by atoms with Crippen LogP contribution in [0.4, 0.5) is 4.79 Å². The number of carbonyl (C=O) groups is 1. The second-order valence-corrected chi connectivity index (χ2v) is 7.88. The van der Waals surface area contributed by atoms with Gasteiger partial charge in [-0.2, -0.15) is 0 Å². The Hall–Kier alpha value is -1.18. The first kappa shape index (κ1) is 18.2. The lowest BCUT2D eigenvalue weighted by molar-refractivity contribution is 0.0285. The van der Waals surface area contributed by atoms with Crippen LogP contribution in [0.3, 0.4) is 0 Å². The summed E-state index contributed by atoms with van der Waals surface area (Å²) in [7, 11) is 0. The van der Waals surface area contributed by atoms with E-state index in [0.717, 1.165) is 22.9 Å². The van der Waals surface area contributed by atoms with E-state index in [9.17, 15) is 4.79 Å². The molecule has 1 aliphatic heterocycles. The minimum absolute atomic E-state index is 0.0959. The highest BCUT2D eigenvalue weighted by Gasteiger charge is 2.33. The lowest BCUT2D eigenvalue weighted by atomic mass is 9.94. The van der Waals surface area contributed by atoms with Gasteiger partial charge in [-0.25, -0.2) is 4.79 Å². The average molecular weight is 385 g/mol. The van der Waals surface area contributed by atoms with Crippen LogP contribution in [0.15, 0.2) is 22.9 Å².